The minimum absolute atomic E-state index is 0.00934. The first-order valence-electron chi connectivity index (χ1n) is 33.5. The predicted octanol–water partition coefficient (Wildman–Crippen LogP) is 16.8. The van der Waals surface area contributed by atoms with Gasteiger partial charge in [0.2, 0.25) is 5.91 Å². The van der Waals surface area contributed by atoms with Crippen molar-refractivity contribution in [3.63, 3.8) is 0 Å². The Morgan fingerprint density at radius 2 is 0.857 bits per heavy atom. The smallest absolute Gasteiger partial charge is 0.306 e. The number of allylic oxidation sites excluding steroid dienone is 21. The van der Waals surface area contributed by atoms with Gasteiger partial charge in [-0.25, -0.2) is 0 Å². The van der Waals surface area contributed by atoms with E-state index < -0.39 is 67.4 Å². The van der Waals surface area contributed by atoms with Crippen LogP contribution in [0.4, 0.5) is 0 Å². The molecule has 1 fully saturated rings. The summed E-state index contributed by atoms with van der Waals surface area (Å²) in [6, 6.07) is -1.05. The first-order valence-corrected chi connectivity index (χ1v) is 33.5. The molecule has 1 saturated heterocycles. The molecule has 8 atom stereocenters. The number of hydrogen-bond donors (Lipinski definition) is 6. The fourth-order valence-corrected chi connectivity index (χ4v) is 9.54. The van der Waals surface area contributed by atoms with Crippen molar-refractivity contribution in [2.75, 3.05) is 13.2 Å². The molecule has 0 saturated carbocycles. The number of carbonyl (C=O) groups is 2. The van der Waals surface area contributed by atoms with Gasteiger partial charge in [-0.2, -0.15) is 0 Å². The Balaban J connectivity index is 2.67. The molecule has 478 valence electrons. The monoisotopic (exact) mass is 1170 g/mol. The van der Waals surface area contributed by atoms with Crippen LogP contribution in [0.1, 0.15) is 252 Å². The molecule has 11 heteroatoms. The molecule has 8 unspecified atom stereocenters. The number of hydrogen-bond acceptors (Lipinski definition) is 10. The SMILES string of the molecule is CC/C=C\C/C=C\C/C=C\C/C=C\C/C=C\C/C=C\CCC(=O)OC1C(OCC(NC(=O)C(O)CCCCCCCCCC/C=C\C/C=C\C/C=C\C/C=C\CCCCC)C(O)/C=C/CCCCCCCCCCCC)OC(CO)C(O)C1O. The maximum absolute atomic E-state index is 13.5. The second kappa shape index (κ2) is 59.1. The summed E-state index contributed by atoms with van der Waals surface area (Å²) in [5.41, 5.74) is 0. The highest BCUT2D eigenvalue weighted by molar-refractivity contribution is 5.80. The number of carbonyl (C=O) groups excluding carboxylic acids is 2. The molecule has 0 aromatic heterocycles. The number of aliphatic hydroxyl groups excluding tert-OH is 5. The Bertz CT molecular complexity index is 1880. The van der Waals surface area contributed by atoms with Crippen LogP contribution in [0.3, 0.4) is 0 Å². The van der Waals surface area contributed by atoms with Crippen molar-refractivity contribution in [2.45, 2.75) is 301 Å². The highest BCUT2D eigenvalue weighted by Crippen LogP contribution is 2.26. The van der Waals surface area contributed by atoms with Gasteiger partial charge in [0.1, 0.15) is 24.4 Å². The fourth-order valence-electron chi connectivity index (χ4n) is 9.54. The first kappa shape index (κ1) is 77.8. The van der Waals surface area contributed by atoms with Crippen molar-refractivity contribution >= 4 is 11.9 Å². The van der Waals surface area contributed by atoms with Crippen molar-refractivity contribution in [3.05, 3.63) is 134 Å². The lowest BCUT2D eigenvalue weighted by Crippen LogP contribution is -2.61. The van der Waals surface area contributed by atoms with Crippen LogP contribution in [0.15, 0.2) is 134 Å². The third kappa shape index (κ3) is 46.1. The van der Waals surface area contributed by atoms with E-state index in [1.165, 1.54) is 89.9 Å². The van der Waals surface area contributed by atoms with E-state index in [-0.39, 0.29) is 19.4 Å². The molecule has 1 rings (SSSR count). The molecule has 0 spiro atoms. The van der Waals surface area contributed by atoms with Crippen molar-refractivity contribution in [3.8, 4) is 0 Å². The van der Waals surface area contributed by atoms with Crippen LogP contribution in [-0.4, -0.2) is 99.6 Å². The number of esters is 1. The number of rotatable bonds is 55. The first-order chi connectivity index (χ1) is 41.2. The molecular formula is C73H121NO10. The minimum Gasteiger partial charge on any atom is -0.454 e. The third-order valence-corrected chi connectivity index (χ3v) is 14.8. The molecule has 1 aliphatic rings. The molecule has 0 aromatic carbocycles. The lowest BCUT2D eigenvalue weighted by Gasteiger charge is -2.41. The largest absolute Gasteiger partial charge is 0.454 e. The predicted molar refractivity (Wildman–Crippen MR) is 351 cm³/mol. The molecule has 0 radical (unpaired) electrons. The molecule has 0 aliphatic carbocycles. The lowest BCUT2D eigenvalue weighted by molar-refractivity contribution is -0.305. The van der Waals surface area contributed by atoms with Crippen LogP contribution >= 0.6 is 0 Å². The van der Waals surface area contributed by atoms with Crippen LogP contribution in [0.2, 0.25) is 0 Å². The summed E-state index contributed by atoms with van der Waals surface area (Å²) < 4.78 is 17.6. The normalized spacial score (nSPS) is 19.4. The van der Waals surface area contributed by atoms with Crippen molar-refractivity contribution in [1.82, 2.24) is 5.32 Å². The van der Waals surface area contributed by atoms with Crippen molar-refractivity contribution < 1.29 is 49.3 Å². The molecule has 0 aromatic rings. The van der Waals surface area contributed by atoms with Crippen LogP contribution in [0, 0.1) is 0 Å². The summed E-state index contributed by atoms with van der Waals surface area (Å²) in [6.45, 7) is 5.60. The quantitative estimate of drug-likeness (QED) is 0.0195. The molecular weight excluding hydrogens is 1050 g/mol. The number of unbranched alkanes of at least 4 members (excludes halogenated alkanes) is 21. The molecule has 84 heavy (non-hydrogen) atoms. The van der Waals surface area contributed by atoms with Crippen molar-refractivity contribution in [2.24, 2.45) is 0 Å². The average Bonchev–Trinajstić information content (AvgIpc) is 3.69. The van der Waals surface area contributed by atoms with E-state index in [9.17, 15) is 35.1 Å². The average molecular weight is 1170 g/mol. The molecule has 11 nitrogen and oxygen atoms in total. The van der Waals surface area contributed by atoms with Gasteiger partial charge in [-0.15, -0.1) is 0 Å². The van der Waals surface area contributed by atoms with E-state index in [1.807, 2.05) is 18.2 Å². The van der Waals surface area contributed by atoms with E-state index in [0.717, 1.165) is 109 Å². The standard InChI is InChI=1S/C73H121NO10/c1-4-7-10-13-16-19-22-25-27-29-31-32-33-34-35-37-38-40-42-45-48-51-54-57-60-66(77)72(81)74-64(65(76)59-56-53-50-47-44-24-21-18-15-12-9-6-3)63-82-73-71(70(80)69(79)67(62-75)83-73)84-68(78)61-58-55-52-49-46-43-41-39-36-30-28-26-23-20-17-14-11-8-5-2/h8,11,16-17,19-20,25-28,31-32,34-36,39,43,46,52,55-56,59,64-67,69-71,73,75-77,79-80H,4-7,9-10,12-15,18,21-24,29-30,33,37-38,40-42,44-45,47-51,53-54,57-58,60-63H2,1-3H3,(H,74,81)/b11-8-,19-16-,20-17-,27-25-,28-26-,32-31-,35-34-,39-36-,46-43-,55-52-,59-56+. The van der Waals surface area contributed by atoms with Gasteiger partial charge in [0.05, 0.1) is 25.4 Å². The Kier molecular flexibility index (Phi) is 54.8. The van der Waals surface area contributed by atoms with E-state index in [0.29, 0.717) is 19.3 Å². The van der Waals surface area contributed by atoms with Gasteiger partial charge in [-0.1, -0.05) is 270 Å². The number of ether oxygens (including phenoxy) is 3. The van der Waals surface area contributed by atoms with Crippen LogP contribution in [0.25, 0.3) is 0 Å². The lowest BCUT2D eigenvalue weighted by atomic mass is 9.99. The second-order valence-corrected chi connectivity index (χ2v) is 22.5. The van der Waals surface area contributed by atoms with Crippen molar-refractivity contribution in [1.29, 1.82) is 0 Å². The zero-order valence-electron chi connectivity index (χ0n) is 53.0. The summed E-state index contributed by atoms with van der Waals surface area (Å²) in [6.07, 6.45) is 73.5. The van der Waals surface area contributed by atoms with Gasteiger partial charge >= 0.3 is 5.97 Å². The Morgan fingerprint density at radius 1 is 0.476 bits per heavy atom. The minimum atomic E-state index is -1.65. The molecule has 6 N–H and O–H groups in total. The zero-order chi connectivity index (χ0) is 61.0. The van der Waals surface area contributed by atoms with Gasteiger partial charge in [0.25, 0.3) is 0 Å². The Hall–Kier alpha value is -4.20. The Morgan fingerprint density at radius 3 is 1.31 bits per heavy atom. The van der Waals surface area contributed by atoms with Gasteiger partial charge < -0.3 is 45.1 Å². The van der Waals surface area contributed by atoms with E-state index in [2.05, 4.69) is 135 Å². The molecule has 1 amide bonds. The van der Waals surface area contributed by atoms with E-state index >= 15 is 0 Å². The topological polar surface area (TPSA) is 175 Å². The van der Waals surface area contributed by atoms with Crippen LogP contribution in [-0.2, 0) is 23.8 Å². The summed E-state index contributed by atoms with van der Waals surface area (Å²) >= 11 is 0. The summed E-state index contributed by atoms with van der Waals surface area (Å²) in [5, 5.41) is 57.1. The number of nitrogens with one attached hydrogen (secondary N) is 1. The molecule has 0 bridgehead atoms. The second-order valence-electron chi connectivity index (χ2n) is 22.5. The van der Waals surface area contributed by atoms with Crippen LogP contribution < -0.4 is 5.32 Å². The van der Waals surface area contributed by atoms with E-state index in [4.69, 9.17) is 14.2 Å². The Labute approximate surface area is 512 Å². The number of aliphatic hydroxyl groups is 5. The summed E-state index contributed by atoms with van der Waals surface area (Å²) in [4.78, 5) is 26.6. The van der Waals surface area contributed by atoms with Gasteiger partial charge in [0, 0.05) is 6.42 Å². The highest BCUT2D eigenvalue weighted by atomic mass is 16.7. The molecule has 1 aliphatic heterocycles. The third-order valence-electron chi connectivity index (χ3n) is 14.8. The number of amides is 1. The van der Waals surface area contributed by atoms with Crippen LogP contribution in [0.5, 0.6) is 0 Å². The maximum atomic E-state index is 13.5. The fraction of sp³-hybridized carbons (Fsp3) is 0.671. The highest BCUT2D eigenvalue weighted by Gasteiger charge is 2.47. The molecule has 1 heterocycles. The summed E-state index contributed by atoms with van der Waals surface area (Å²) in [7, 11) is 0. The van der Waals surface area contributed by atoms with E-state index in [1.54, 1.807) is 6.08 Å². The maximum Gasteiger partial charge on any atom is 0.306 e. The zero-order valence-corrected chi connectivity index (χ0v) is 53.0. The van der Waals surface area contributed by atoms with Gasteiger partial charge in [0.15, 0.2) is 12.4 Å². The summed E-state index contributed by atoms with van der Waals surface area (Å²) in [5.74, 6) is -1.30. The van der Waals surface area contributed by atoms with Gasteiger partial charge in [-0.05, 0) is 109 Å². The van der Waals surface area contributed by atoms with Gasteiger partial charge in [-0.3, -0.25) is 9.59 Å².